The smallest absolute Gasteiger partial charge is 0.342 e. The summed E-state index contributed by atoms with van der Waals surface area (Å²) in [6, 6.07) is 3.39. The van der Waals surface area contributed by atoms with E-state index in [1.807, 2.05) is 6.92 Å². The van der Waals surface area contributed by atoms with Crippen LogP contribution in [0.1, 0.15) is 48.5 Å². The molecule has 2 aromatic heterocycles. The minimum absolute atomic E-state index is 0.0337. The van der Waals surface area contributed by atoms with Crippen molar-refractivity contribution in [2.24, 2.45) is 0 Å². The van der Waals surface area contributed by atoms with E-state index in [2.05, 4.69) is 5.10 Å². The molecule has 1 unspecified atom stereocenters. The lowest BCUT2D eigenvalue weighted by Gasteiger charge is -2.39. The number of esters is 1. The van der Waals surface area contributed by atoms with E-state index in [0.717, 1.165) is 12.8 Å². The fourth-order valence-corrected chi connectivity index (χ4v) is 5.29. The summed E-state index contributed by atoms with van der Waals surface area (Å²) in [5, 5.41) is 4.50. The number of carbonyl (C=O) groups excluding carboxylic acids is 3. The van der Waals surface area contributed by atoms with Crippen molar-refractivity contribution in [2.75, 3.05) is 32.5 Å². The molecule has 2 aromatic rings. The number of furan rings is 1. The molecule has 1 fully saturated rings. The molecule has 10 nitrogen and oxygen atoms in total. The zero-order chi connectivity index (χ0) is 24.8. The van der Waals surface area contributed by atoms with Crippen LogP contribution in [-0.2, 0) is 38.1 Å². The van der Waals surface area contributed by atoms with Crippen molar-refractivity contribution < 1.29 is 27.7 Å². The summed E-state index contributed by atoms with van der Waals surface area (Å²) in [4.78, 5) is 41.9. The van der Waals surface area contributed by atoms with Crippen molar-refractivity contribution in [3.63, 3.8) is 0 Å². The van der Waals surface area contributed by atoms with Gasteiger partial charge in [0, 0.05) is 31.9 Å². The first-order valence-corrected chi connectivity index (χ1v) is 13.0. The van der Waals surface area contributed by atoms with Crippen LogP contribution in [0.25, 0.3) is 0 Å². The highest BCUT2D eigenvalue weighted by molar-refractivity contribution is 7.84. The van der Waals surface area contributed by atoms with Crippen LogP contribution >= 0.6 is 0 Å². The van der Waals surface area contributed by atoms with Gasteiger partial charge in [0.15, 0.2) is 0 Å². The maximum Gasteiger partial charge on any atom is 0.342 e. The van der Waals surface area contributed by atoms with Gasteiger partial charge in [0.25, 0.3) is 0 Å². The van der Waals surface area contributed by atoms with Crippen molar-refractivity contribution >= 4 is 28.6 Å². The number of piperidine rings is 1. The summed E-state index contributed by atoms with van der Waals surface area (Å²) >= 11 is 0. The maximum absolute atomic E-state index is 13.3. The zero-order valence-electron chi connectivity index (χ0n) is 20.1. The van der Waals surface area contributed by atoms with E-state index in [1.54, 1.807) is 42.0 Å². The third-order valence-electron chi connectivity index (χ3n) is 5.87. The quantitative estimate of drug-likeness (QED) is 0.490. The number of amides is 2. The highest BCUT2D eigenvalue weighted by Gasteiger charge is 2.32. The van der Waals surface area contributed by atoms with Gasteiger partial charge < -0.3 is 19.0 Å². The van der Waals surface area contributed by atoms with Gasteiger partial charge in [-0.2, -0.15) is 5.10 Å². The van der Waals surface area contributed by atoms with Crippen LogP contribution < -0.4 is 0 Å². The van der Waals surface area contributed by atoms with Gasteiger partial charge in [0.05, 0.1) is 35.8 Å². The second-order valence-corrected chi connectivity index (χ2v) is 9.46. The predicted octanol–water partition coefficient (Wildman–Crippen LogP) is 1.78. The number of carbonyl (C=O) groups is 3. The molecule has 0 N–H and O–H groups in total. The fraction of sp³-hybridized carbons (Fsp3) is 0.565. The first kappa shape index (κ1) is 25.7. The van der Waals surface area contributed by atoms with Crippen molar-refractivity contribution in [3.8, 4) is 0 Å². The average Bonchev–Trinajstić information content (AvgIpc) is 3.41. The van der Waals surface area contributed by atoms with Gasteiger partial charge in [-0.1, -0.05) is 0 Å². The van der Waals surface area contributed by atoms with Crippen LogP contribution in [0.4, 0.5) is 0 Å². The van der Waals surface area contributed by atoms with Gasteiger partial charge in [-0.25, -0.2) is 9.48 Å². The van der Waals surface area contributed by atoms with E-state index >= 15 is 0 Å². The van der Waals surface area contributed by atoms with Gasteiger partial charge >= 0.3 is 5.97 Å². The number of aryl methyl sites for hydroxylation is 1. The van der Waals surface area contributed by atoms with Crippen LogP contribution in [0.15, 0.2) is 27.8 Å². The molecule has 34 heavy (non-hydrogen) atoms. The van der Waals surface area contributed by atoms with Crippen LogP contribution in [0.2, 0.25) is 0 Å². The number of nitrogens with zero attached hydrogens (tertiary/aromatic N) is 4. The van der Waals surface area contributed by atoms with Gasteiger partial charge in [0.1, 0.15) is 22.9 Å². The molecule has 0 radical (unpaired) electrons. The van der Waals surface area contributed by atoms with Crippen molar-refractivity contribution in [1.29, 1.82) is 0 Å². The summed E-state index contributed by atoms with van der Waals surface area (Å²) in [5.74, 6) is -0.234. The maximum atomic E-state index is 13.3. The molecule has 1 saturated heterocycles. The SMILES string of the molecule is CCOC(=O)c1c(C)nn(CC(=O)N(CC)[C@H]2CCCN(C(=O)Cc3ccco3)C2)c1S(C)=O. The Balaban J connectivity index is 1.74. The summed E-state index contributed by atoms with van der Waals surface area (Å²) in [6.07, 6.45) is 4.75. The molecule has 3 rings (SSSR count). The standard InChI is InChI=1S/C23H32N4O6S/c1-5-26(17-9-7-11-25(14-17)19(28)13-18-10-8-12-33-18)20(29)15-27-22(34(4)31)21(16(3)24-27)23(30)32-6-2/h8,10,12,17H,5-7,9,11,13-15H2,1-4H3/t17-,34?/m0/s1. The Bertz CT molecular complexity index is 1050. The number of aromatic nitrogens is 2. The van der Waals surface area contributed by atoms with Crippen LogP contribution in [0, 0.1) is 6.92 Å². The Morgan fingerprint density at radius 2 is 2.09 bits per heavy atom. The predicted molar refractivity (Wildman–Crippen MR) is 125 cm³/mol. The van der Waals surface area contributed by atoms with Crippen molar-refractivity contribution in [3.05, 3.63) is 35.4 Å². The summed E-state index contributed by atoms with van der Waals surface area (Å²) < 4.78 is 24.2. The van der Waals surface area contributed by atoms with Crippen molar-refractivity contribution in [1.82, 2.24) is 19.6 Å². The van der Waals surface area contributed by atoms with E-state index in [1.165, 1.54) is 10.9 Å². The molecule has 11 heteroatoms. The number of likely N-dealkylation sites (tertiary alicyclic amines) is 1. The number of hydrogen-bond acceptors (Lipinski definition) is 7. The minimum Gasteiger partial charge on any atom is -0.469 e. The number of hydrogen-bond donors (Lipinski definition) is 0. The monoisotopic (exact) mass is 492 g/mol. The summed E-state index contributed by atoms with van der Waals surface area (Å²) in [5.41, 5.74) is 0.512. The summed E-state index contributed by atoms with van der Waals surface area (Å²) in [7, 11) is -1.55. The van der Waals surface area contributed by atoms with Gasteiger partial charge in [0.2, 0.25) is 11.8 Å². The molecule has 2 atom stereocenters. The molecule has 0 bridgehead atoms. The number of ether oxygens (including phenoxy) is 1. The molecule has 0 spiro atoms. The van der Waals surface area contributed by atoms with Gasteiger partial charge in [-0.15, -0.1) is 0 Å². The molecular formula is C23H32N4O6S. The lowest BCUT2D eigenvalue weighted by molar-refractivity contribution is -0.140. The first-order valence-electron chi connectivity index (χ1n) is 11.4. The highest BCUT2D eigenvalue weighted by atomic mass is 32.2. The van der Waals surface area contributed by atoms with Crippen molar-refractivity contribution in [2.45, 2.75) is 57.6 Å². The second-order valence-electron chi connectivity index (χ2n) is 8.17. The lowest BCUT2D eigenvalue weighted by atomic mass is 10.0. The third-order valence-corrected chi connectivity index (χ3v) is 6.83. The molecule has 1 aliphatic heterocycles. The molecule has 186 valence electrons. The van der Waals surface area contributed by atoms with E-state index < -0.39 is 16.8 Å². The number of likely N-dealkylation sites (N-methyl/N-ethyl adjacent to an activating group) is 1. The number of rotatable bonds is 9. The van der Waals surface area contributed by atoms with E-state index in [0.29, 0.717) is 31.1 Å². The minimum atomic E-state index is -1.55. The van der Waals surface area contributed by atoms with E-state index in [9.17, 15) is 18.6 Å². The Hall–Kier alpha value is -2.95. The van der Waals surface area contributed by atoms with E-state index in [-0.39, 0.29) is 48.0 Å². The average molecular weight is 493 g/mol. The molecule has 0 aliphatic carbocycles. The Morgan fingerprint density at radius 1 is 1.32 bits per heavy atom. The highest BCUT2D eigenvalue weighted by Crippen LogP contribution is 2.21. The molecule has 0 aromatic carbocycles. The largest absolute Gasteiger partial charge is 0.469 e. The molecular weight excluding hydrogens is 460 g/mol. The molecule has 1 aliphatic rings. The Labute approximate surface area is 201 Å². The first-order chi connectivity index (χ1) is 16.3. The Morgan fingerprint density at radius 3 is 2.71 bits per heavy atom. The van der Waals surface area contributed by atoms with Gasteiger partial charge in [-0.3, -0.25) is 13.8 Å². The van der Waals surface area contributed by atoms with Crippen LogP contribution in [0.3, 0.4) is 0 Å². The summed E-state index contributed by atoms with van der Waals surface area (Å²) in [6.45, 7) is 6.77. The second kappa shape index (κ2) is 11.5. The lowest BCUT2D eigenvalue weighted by Crippen LogP contribution is -2.52. The van der Waals surface area contributed by atoms with E-state index in [4.69, 9.17) is 9.15 Å². The molecule has 0 saturated carbocycles. The van der Waals surface area contributed by atoms with Crippen LogP contribution in [0.5, 0.6) is 0 Å². The fourth-order valence-electron chi connectivity index (χ4n) is 4.36. The molecule has 3 heterocycles. The third kappa shape index (κ3) is 5.75. The van der Waals surface area contributed by atoms with Gasteiger partial charge in [-0.05, 0) is 45.7 Å². The Kier molecular flexibility index (Phi) is 8.65. The normalized spacial score (nSPS) is 16.8. The molecule has 2 amide bonds. The zero-order valence-corrected chi connectivity index (χ0v) is 20.9. The van der Waals surface area contributed by atoms with Crippen LogP contribution in [-0.4, -0.2) is 80.1 Å². The topological polar surface area (TPSA) is 115 Å².